The third kappa shape index (κ3) is 2.37. The number of nitrogens with zero attached hydrogens (tertiary/aromatic N) is 2. The summed E-state index contributed by atoms with van der Waals surface area (Å²) >= 11 is 0. The highest BCUT2D eigenvalue weighted by Crippen LogP contribution is 2.37. The number of fused-ring (bicyclic) bond motifs is 2. The third-order valence-corrected chi connectivity index (χ3v) is 4.97. The van der Waals surface area contributed by atoms with Gasteiger partial charge in [0.05, 0.1) is 12.0 Å². The molecule has 112 valence electrons. The molecule has 3 heterocycles. The van der Waals surface area contributed by atoms with Crippen molar-refractivity contribution >= 4 is 12.0 Å². The van der Waals surface area contributed by atoms with Gasteiger partial charge < -0.3 is 20.0 Å². The molecule has 0 aliphatic carbocycles. The van der Waals surface area contributed by atoms with Crippen LogP contribution in [0.3, 0.4) is 0 Å². The Morgan fingerprint density at radius 2 is 1.70 bits per heavy atom. The quantitative estimate of drug-likeness (QED) is 0.748. The molecule has 0 spiro atoms. The molecule has 3 rings (SSSR count). The highest BCUT2D eigenvalue weighted by Gasteiger charge is 2.44. The largest absolute Gasteiger partial charge is 0.481 e. The summed E-state index contributed by atoms with van der Waals surface area (Å²) in [7, 11) is 0. The van der Waals surface area contributed by atoms with Crippen LogP contribution in [0.2, 0.25) is 0 Å². The second kappa shape index (κ2) is 5.24. The van der Waals surface area contributed by atoms with E-state index >= 15 is 0 Å². The van der Waals surface area contributed by atoms with Gasteiger partial charge in [-0.05, 0) is 38.5 Å². The van der Waals surface area contributed by atoms with Crippen LogP contribution in [0.25, 0.3) is 0 Å². The first kappa shape index (κ1) is 13.7. The van der Waals surface area contributed by atoms with Crippen molar-refractivity contribution < 1.29 is 19.8 Å². The number of carbonyl (C=O) groups is 2. The molecule has 2 N–H and O–H groups in total. The highest BCUT2D eigenvalue weighted by molar-refractivity contribution is 5.77. The van der Waals surface area contributed by atoms with Gasteiger partial charge in [-0.1, -0.05) is 0 Å². The molecule has 6 heteroatoms. The minimum Gasteiger partial charge on any atom is -0.481 e. The molecular formula is C14H22N2O4. The maximum absolute atomic E-state index is 12.7. The first-order chi connectivity index (χ1) is 9.56. The molecule has 2 unspecified atom stereocenters. The number of likely N-dealkylation sites (tertiary alicyclic amines) is 1. The molecule has 6 nitrogen and oxygen atoms in total. The molecule has 3 fully saturated rings. The van der Waals surface area contributed by atoms with Gasteiger partial charge in [0.15, 0.2) is 0 Å². The topological polar surface area (TPSA) is 81.1 Å². The van der Waals surface area contributed by atoms with E-state index in [2.05, 4.69) is 0 Å². The van der Waals surface area contributed by atoms with Gasteiger partial charge in [-0.25, -0.2) is 4.79 Å². The Balaban J connectivity index is 1.68. The van der Waals surface area contributed by atoms with Gasteiger partial charge >= 0.3 is 12.0 Å². The number of amides is 2. The van der Waals surface area contributed by atoms with E-state index < -0.39 is 11.9 Å². The number of aliphatic hydroxyl groups excluding tert-OH is 1. The fourth-order valence-corrected chi connectivity index (χ4v) is 3.98. The molecule has 3 saturated heterocycles. The molecule has 0 aromatic carbocycles. The number of aliphatic carboxylic acids is 1. The van der Waals surface area contributed by atoms with Crippen molar-refractivity contribution in [1.29, 1.82) is 0 Å². The molecule has 3 aliphatic rings. The summed E-state index contributed by atoms with van der Waals surface area (Å²) in [5.41, 5.74) is 0. The summed E-state index contributed by atoms with van der Waals surface area (Å²) < 4.78 is 0. The molecule has 2 bridgehead atoms. The van der Waals surface area contributed by atoms with E-state index in [1.165, 1.54) is 0 Å². The third-order valence-electron chi connectivity index (χ3n) is 4.97. The summed E-state index contributed by atoms with van der Waals surface area (Å²) in [6, 6.07) is 0.262. The second-order valence-electron chi connectivity index (χ2n) is 6.32. The minimum atomic E-state index is -0.806. The Kier molecular flexibility index (Phi) is 3.58. The smallest absolute Gasteiger partial charge is 0.320 e. The molecule has 0 aromatic rings. The summed E-state index contributed by atoms with van der Waals surface area (Å²) in [5.74, 6) is -1.24. The zero-order valence-corrected chi connectivity index (χ0v) is 11.6. The van der Waals surface area contributed by atoms with Crippen LogP contribution in [0.15, 0.2) is 0 Å². The zero-order chi connectivity index (χ0) is 14.3. The Hall–Kier alpha value is -1.30. The lowest BCUT2D eigenvalue weighted by Crippen LogP contribution is -2.55. The fourth-order valence-electron chi connectivity index (χ4n) is 3.98. The number of carbonyl (C=O) groups excluding carboxylic acids is 1. The number of hydrogen-bond acceptors (Lipinski definition) is 3. The zero-order valence-electron chi connectivity index (χ0n) is 11.6. The van der Waals surface area contributed by atoms with Crippen LogP contribution in [-0.2, 0) is 4.79 Å². The number of carboxylic acid groups (broad SMARTS) is 1. The molecule has 2 amide bonds. The van der Waals surface area contributed by atoms with Crippen LogP contribution in [0.1, 0.15) is 38.5 Å². The van der Waals surface area contributed by atoms with E-state index in [9.17, 15) is 14.7 Å². The monoisotopic (exact) mass is 282 g/mol. The van der Waals surface area contributed by atoms with E-state index in [0.717, 1.165) is 19.3 Å². The Labute approximate surface area is 118 Å². The predicted molar refractivity (Wildman–Crippen MR) is 71.2 cm³/mol. The second-order valence-corrected chi connectivity index (χ2v) is 6.32. The molecule has 3 aliphatic heterocycles. The standard InChI is InChI=1S/C14H22N2O4/c17-12-6-10-3-4-11(7-12)16(10)14(20)15-5-1-2-9(8-15)13(18)19/h9-12,17H,1-8H2,(H,18,19)/t9-,10?,11?,12?/m0/s1. The van der Waals surface area contributed by atoms with Crippen LogP contribution in [0.5, 0.6) is 0 Å². The van der Waals surface area contributed by atoms with E-state index in [1.54, 1.807) is 4.90 Å². The first-order valence-corrected chi connectivity index (χ1v) is 7.54. The lowest BCUT2D eigenvalue weighted by Gasteiger charge is -2.41. The highest BCUT2D eigenvalue weighted by atomic mass is 16.4. The van der Waals surface area contributed by atoms with Gasteiger partial charge in [0.2, 0.25) is 0 Å². The molecule has 3 atom stereocenters. The van der Waals surface area contributed by atoms with Crippen molar-refractivity contribution in [1.82, 2.24) is 9.80 Å². The molecule has 0 radical (unpaired) electrons. The number of carboxylic acids is 1. The van der Waals surface area contributed by atoms with Gasteiger partial charge in [-0.3, -0.25) is 4.79 Å². The lowest BCUT2D eigenvalue weighted by atomic mass is 9.97. The Bertz CT molecular complexity index is 400. The Morgan fingerprint density at radius 1 is 1.05 bits per heavy atom. The van der Waals surface area contributed by atoms with Crippen molar-refractivity contribution in [2.24, 2.45) is 5.92 Å². The van der Waals surface area contributed by atoms with Gasteiger partial charge in [0.1, 0.15) is 0 Å². The summed E-state index contributed by atoms with van der Waals surface area (Å²) in [6.45, 7) is 0.980. The van der Waals surface area contributed by atoms with Crippen LogP contribution in [-0.4, -0.2) is 63.3 Å². The summed E-state index contributed by atoms with van der Waals surface area (Å²) in [4.78, 5) is 27.4. The maximum Gasteiger partial charge on any atom is 0.320 e. The Morgan fingerprint density at radius 3 is 2.30 bits per heavy atom. The average Bonchev–Trinajstić information content (AvgIpc) is 2.70. The maximum atomic E-state index is 12.7. The van der Waals surface area contributed by atoms with Crippen molar-refractivity contribution in [2.45, 2.75) is 56.7 Å². The predicted octanol–water partition coefficient (Wildman–Crippen LogP) is 0.891. The SMILES string of the molecule is O=C(O)[C@H]1CCCN(C(=O)N2C3CCC2CC(O)C3)C1. The fraction of sp³-hybridized carbons (Fsp3) is 0.857. The van der Waals surface area contributed by atoms with Crippen molar-refractivity contribution in [2.75, 3.05) is 13.1 Å². The van der Waals surface area contributed by atoms with Crippen LogP contribution in [0.4, 0.5) is 4.79 Å². The van der Waals surface area contributed by atoms with E-state index in [1.807, 2.05) is 4.90 Å². The van der Waals surface area contributed by atoms with E-state index in [-0.39, 0.29) is 24.2 Å². The normalized spacial score (nSPS) is 37.0. The van der Waals surface area contributed by atoms with Crippen molar-refractivity contribution in [3.8, 4) is 0 Å². The van der Waals surface area contributed by atoms with Crippen molar-refractivity contribution in [3.05, 3.63) is 0 Å². The van der Waals surface area contributed by atoms with Gasteiger partial charge in [0, 0.05) is 25.2 Å². The number of aliphatic hydroxyl groups is 1. The first-order valence-electron chi connectivity index (χ1n) is 7.54. The number of piperidine rings is 2. The number of rotatable bonds is 1. The number of hydrogen-bond donors (Lipinski definition) is 2. The lowest BCUT2D eigenvalue weighted by molar-refractivity contribution is -0.143. The molecule has 20 heavy (non-hydrogen) atoms. The van der Waals surface area contributed by atoms with Crippen LogP contribution in [0, 0.1) is 5.92 Å². The minimum absolute atomic E-state index is 0.0182. The summed E-state index contributed by atoms with van der Waals surface area (Å²) in [5, 5.41) is 18.9. The summed E-state index contributed by atoms with van der Waals surface area (Å²) in [6.07, 6.45) is 4.38. The average molecular weight is 282 g/mol. The van der Waals surface area contributed by atoms with Crippen molar-refractivity contribution in [3.63, 3.8) is 0 Å². The van der Waals surface area contributed by atoms with Gasteiger partial charge in [-0.2, -0.15) is 0 Å². The van der Waals surface area contributed by atoms with E-state index in [4.69, 9.17) is 5.11 Å². The van der Waals surface area contributed by atoms with Crippen LogP contribution >= 0.6 is 0 Å². The number of urea groups is 1. The molecule has 0 aromatic heterocycles. The molecule has 0 saturated carbocycles. The molecular weight excluding hydrogens is 260 g/mol. The van der Waals surface area contributed by atoms with Crippen LogP contribution < -0.4 is 0 Å². The van der Waals surface area contributed by atoms with E-state index in [0.29, 0.717) is 32.4 Å². The van der Waals surface area contributed by atoms with Gasteiger partial charge in [-0.15, -0.1) is 0 Å². The van der Waals surface area contributed by atoms with Gasteiger partial charge in [0.25, 0.3) is 0 Å².